The van der Waals surface area contributed by atoms with Crippen LogP contribution in [0.5, 0.6) is 0 Å². The Bertz CT molecular complexity index is 294. The van der Waals surface area contributed by atoms with E-state index in [1.807, 2.05) is 0 Å². The monoisotopic (exact) mass is 269 g/mol. The molecule has 0 amide bonds. The third-order valence-corrected chi connectivity index (χ3v) is 4.71. The standard InChI is InChI=1S/C10H20ClNO3S/c1-15-7-8-16(13,14)12-10-6-4-2-3-5-9(10)11/h9-10,12H,2-8H2,1H3. The first-order valence-corrected chi connectivity index (χ1v) is 7.77. The fourth-order valence-corrected chi connectivity index (χ4v) is 3.54. The van der Waals surface area contributed by atoms with Gasteiger partial charge in [0.1, 0.15) is 0 Å². The van der Waals surface area contributed by atoms with Gasteiger partial charge in [-0.1, -0.05) is 19.3 Å². The topological polar surface area (TPSA) is 55.4 Å². The highest BCUT2D eigenvalue weighted by molar-refractivity contribution is 7.89. The van der Waals surface area contributed by atoms with Crippen molar-refractivity contribution in [3.8, 4) is 0 Å². The van der Waals surface area contributed by atoms with Crippen molar-refractivity contribution in [3.63, 3.8) is 0 Å². The van der Waals surface area contributed by atoms with Crippen molar-refractivity contribution in [3.05, 3.63) is 0 Å². The lowest BCUT2D eigenvalue weighted by atomic mass is 10.1. The predicted molar refractivity (Wildman–Crippen MR) is 65.3 cm³/mol. The third kappa shape index (κ3) is 4.99. The van der Waals surface area contributed by atoms with E-state index in [9.17, 15) is 8.42 Å². The van der Waals surface area contributed by atoms with Gasteiger partial charge in [-0.2, -0.15) is 0 Å². The predicted octanol–water partition coefficient (Wildman–Crippen LogP) is 1.49. The minimum absolute atomic E-state index is 0.00358. The van der Waals surface area contributed by atoms with Crippen LogP contribution in [0.15, 0.2) is 0 Å². The second kappa shape index (κ2) is 6.79. The van der Waals surface area contributed by atoms with E-state index in [0.29, 0.717) is 0 Å². The van der Waals surface area contributed by atoms with E-state index in [0.717, 1.165) is 32.1 Å². The highest BCUT2D eigenvalue weighted by Gasteiger charge is 2.25. The summed E-state index contributed by atoms with van der Waals surface area (Å²) in [5.74, 6) is 0.00358. The van der Waals surface area contributed by atoms with Gasteiger partial charge >= 0.3 is 0 Å². The maximum atomic E-state index is 11.7. The summed E-state index contributed by atoms with van der Waals surface area (Å²) in [6.07, 6.45) is 4.99. The van der Waals surface area contributed by atoms with Crippen LogP contribution in [0.25, 0.3) is 0 Å². The zero-order valence-electron chi connectivity index (χ0n) is 9.62. The number of alkyl halides is 1. The average molecular weight is 270 g/mol. The van der Waals surface area contributed by atoms with Crippen molar-refractivity contribution in [2.24, 2.45) is 0 Å². The lowest BCUT2D eigenvalue weighted by molar-refractivity contribution is 0.216. The lowest BCUT2D eigenvalue weighted by Gasteiger charge is -2.20. The normalized spacial score (nSPS) is 27.6. The second-order valence-corrected chi connectivity index (χ2v) is 6.62. The van der Waals surface area contributed by atoms with Crippen molar-refractivity contribution >= 4 is 21.6 Å². The van der Waals surface area contributed by atoms with Gasteiger partial charge in [0.15, 0.2) is 0 Å². The fraction of sp³-hybridized carbons (Fsp3) is 1.00. The van der Waals surface area contributed by atoms with Gasteiger partial charge in [-0.05, 0) is 12.8 Å². The van der Waals surface area contributed by atoms with E-state index in [4.69, 9.17) is 16.3 Å². The minimum atomic E-state index is -3.25. The largest absolute Gasteiger partial charge is 0.384 e. The number of hydrogen-bond acceptors (Lipinski definition) is 3. The second-order valence-electron chi connectivity index (χ2n) is 4.19. The van der Waals surface area contributed by atoms with Crippen molar-refractivity contribution in [2.45, 2.75) is 43.5 Å². The first kappa shape index (κ1) is 14.2. The van der Waals surface area contributed by atoms with Crippen LogP contribution in [-0.4, -0.2) is 39.3 Å². The van der Waals surface area contributed by atoms with Crippen LogP contribution in [-0.2, 0) is 14.8 Å². The number of sulfonamides is 1. The van der Waals surface area contributed by atoms with Gasteiger partial charge in [-0.3, -0.25) is 0 Å². The van der Waals surface area contributed by atoms with Crippen LogP contribution >= 0.6 is 11.6 Å². The van der Waals surface area contributed by atoms with Gasteiger partial charge in [0.25, 0.3) is 0 Å². The molecule has 0 spiro atoms. The molecule has 0 aromatic carbocycles. The van der Waals surface area contributed by atoms with Gasteiger partial charge < -0.3 is 4.74 Å². The van der Waals surface area contributed by atoms with Gasteiger partial charge in [0.2, 0.25) is 10.0 Å². The summed E-state index contributed by atoms with van der Waals surface area (Å²) in [6, 6.07) is -0.119. The Labute approximate surface area is 103 Å². The Morgan fingerprint density at radius 3 is 2.69 bits per heavy atom. The van der Waals surface area contributed by atoms with Crippen LogP contribution < -0.4 is 4.72 Å². The van der Waals surface area contributed by atoms with Gasteiger partial charge in [0, 0.05) is 18.5 Å². The van der Waals surface area contributed by atoms with E-state index in [1.54, 1.807) is 0 Å². The summed E-state index contributed by atoms with van der Waals surface area (Å²) in [6.45, 7) is 0.217. The summed E-state index contributed by atoms with van der Waals surface area (Å²) >= 11 is 6.17. The molecule has 1 fully saturated rings. The van der Waals surface area contributed by atoms with Crippen LogP contribution in [0, 0.1) is 0 Å². The molecule has 0 aromatic rings. The lowest BCUT2D eigenvalue weighted by Crippen LogP contribution is -2.42. The molecule has 0 saturated heterocycles. The number of ether oxygens (including phenoxy) is 1. The Morgan fingerprint density at radius 2 is 2.00 bits per heavy atom. The molecule has 0 heterocycles. The van der Waals surface area contributed by atoms with Crippen LogP contribution in [0.3, 0.4) is 0 Å². The highest BCUT2D eigenvalue weighted by Crippen LogP contribution is 2.22. The van der Waals surface area contributed by atoms with E-state index in [-0.39, 0.29) is 23.8 Å². The van der Waals surface area contributed by atoms with E-state index in [2.05, 4.69) is 4.72 Å². The molecule has 1 aliphatic carbocycles. The molecule has 4 nitrogen and oxygen atoms in total. The summed E-state index contributed by atoms with van der Waals surface area (Å²) in [4.78, 5) is 0. The molecule has 0 bridgehead atoms. The van der Waals surface area contributed by atoms with Crippen LogP contribution in [0.1, 0.15) is 32.1 Å². The number of nitrogens with one attached hydrogen (secondary N) is 1. The molecule has 1 N–H and O–H groups in total. The molecule has 2 unspecified atom stereocenters. The van der Waals surface area contributed by atoms with E-state index in [1.165, 1.54) is 7.11 Å². The summed E-state index contributed by atoms with van der Waals surface area (Å²) in [7, 11) is -1.76. The Balaban J connectivity index is 2.50. The quantitative estimate of drug-likeness (QED) is 0.608. The molecule has 6 heteroatoms. The van der Waals surface area contributed by atoms with E-state index < -0.39 is 10.0 Å². The minimum Gasteiger partial charge on any atom is -0.384 e. The van der Waals surface area contributed by atoms with Gasteiger partial charge in [-0.25, -0.2) is 13.1 Å². The molecule has 0 aliphatic heterocycles. The summed E-state index contributed by atoms with van der Waals surface area (Å²) in [5.41, 5.74) is 0. The van der Waals surface area contributed by atoms with Crippen LogP contribution in [0.4, 0.5) is 0 Å². The fourth-order valence-electron chi connectivity index (χ4n) is 1.88. The number of methoxy groups -OCH3 is 1. The number of hydrogen-bond donors (Lipinski definition) is 1. The molecule has 2 atom stereocenters. The summed E-state index contributed by atoms with van der Waals surface area (Å²) in [5, 5.41) is -0.0835. The Kier molecular flexibility index (Phi) is 6.03. The summed E-state index contributed by atoms with van der Waals surface area (Å²) < 4.78 is 30.8. The molecule has 96 valence electrons. The molecular formula is C10H20ClNO3S. The molecule has 0 radical (unpaired) electrons. The molecule has 1 aliphatic rings. The van der Waals surface area contributed by atoms with Crippen molar-refractivity contribution < 1.29 is 13.2 Å². The van der Waals surface area contributed by atoms with E-state index >= 15 is 0 Å². The molecular weight excluding hydrogens is 250 g/mol. The maximum absolute atomic E-state index is 11.7. The van der Waals surface area contributed by atoms with Crippen molar-refractivity contribution in [2.75, 3.05) is 19.5 Å². The third-order valence-electron chi connectivity index (χ3n) is 2.82. The van der Waals surface area contributed by atoms with Crippen molar-refractivity contribution in [1.29, 1.82) is 0 Å². The first-order chi connectivity index (χ1) is 7.55. The molecule has 16 heavy (non-hydrogen) atoms. The maximum Gasteiger partial charge on any atom is 0.214 e. The Morgan fingerprint density at radius 1 is 1.31 bits per heavy atom. The van der Waals surface area contributed by atoms with Crippen molar-refractivity contribution in [1.82, 2.24) is 4.72 Å². The SMILES string of the molecule is COCCS(=O)(=O)NC1CCCCCC1Cl. The molecule has 0 aromatic heterocycles. The van der Waals surface area contributed by atoms with Crippen LogP contribution in [0.2, 0.25) is 0 Å². The zero-order valence-corrected chi connectivity index (χ0v) is 11.2. The Hall–Kier alpha value is 0.160. The van der Waals surface area contributed by atoms with Gasteiger partial charge in [-0.15, -0.1) is 11.6 Å². The molecule has 1 saturated carbocycles. The highest BCUT2D eigenvalue weighted by atomic mass is 35.5. The van der Waals surface area contributed by atoms with Gasteiger partial charge in [0.05, 0.1) is 12.4 Å². The zero-order chi connectivity index (χ0) is 12.0. The first-order valence-electron chi connectivity index (χ1n) is 5.68. The average Bonchev–Trinajstić information content (AvgIpc) is 2.41. The number of rotatable bonds is 5. The molecule has 1 rings (SSSR count). The number of halogens is 1. The smallest absolute Gasteiger partial charge is 0.214 e.